The lowest BCUT2D eigenvalue weighted by molar-refractivity contribution is 0.343. The number of methoxy groups -OCH3 is 2. The number of ether oxygens (including phenoxy) is 2. The molecule has 0 atom stereocenters. The number of hydrogen-bond donors (Lipinski definition) is 2. The first-order chi connectivity index (χ1) is 12.3. The lowest BCUT2D eigenvalue weighted by Crippen LogP contribution is -1.93. The summed E-state index contributed by atoms with van der Waals surface area (Å²) in [5.41, 5.74) is 2.92. The van der Waals surface area contributed by atoms with E-state index in [4.69, 9.17) is 9.47 Å². The Morgan fingerprint density at radius 3 is 2.76 bits per heavy atom. The van der Waals surface area contributed by atoms with Crippen LogP contribution in [0.25, 0.3) is 21.3 Å². The number of nitrogens with zero attached hydrogens (tertiary/aromatic N) is 3. The number of aromatic amines is 1. The molecule has 4 aromatic rings. The van der Waals surface area contributed by atoms with Crippen LogP contribution in [-0.4, -0.2) is 34.4 Å². The molecule has 0 unspecified atom stereocenters. The fraction of sp³-hybridized carbons (Fsp3) is 0.118. The molecule has 7 nitrogen and oxygen atoms in total. The fourth-order valence-corrected chi connectivity index (χ4v) is 3.40. The normalized spacial score (nSPS) is 10.8. The van der Waals surface area contributed by atoms with Gasteiger partial charge in [-0.1, -0.05) is 17.4 Å². The highest BCUT2D eigenvalue weighted by atomic mass is 32.1. The van der Waals surface area contributed by atoms with Crippen molar-refractivity contribution in [1.82, 2.24) is 20.2 Å². The zero-order valence-electron chi connectivity index (χ0n) is 13.6. The van der Waals surface area contributed by atoms with Gasteiger partial charge in [-0.2, -0.15) is 5.10 Å². The van der Waals surface area contributed by atoms with Crippen molar-refractivity contribution in [3.8, 4) is 22.8 Å². The van der Waals surface area contributed by atoms with Crippen LogP contribution in [0.4, 0.5) is 10.9 Å². The Labute approximate surface area is 147 Å². The molecule has 0 aliphatic heterocycles. The van der Waals surface area contributed by atoms with Crippen molar-refractivity contribution in [3.63, 3.8) is 0 Å². The smallest absolute Gasteiger partial charge is 0.256 e. The number of benzene rings is 1. The second-order valence-corrected chi connectivity index (χ2v) is 6.25. The van der Waals surface area contributed by atoms with E-state index in [0.29, 0.717) is 11.6 Å². The van der Waals surface area contributed by atoms with Gasteiger partial charge in [0.15, 0.2) is 16.7 Å². The molecule has 1 aromatic carbocycles. The maximum Gasteiger partial charge on any atom is 0.256 e. The van der Waals surface area contributed by atoms with Crippen LogP contribution in [0, 0.1) is 0 Å². The molecule has 0 fully saturated rings. The molecule has 0 aliphatic rings. The van der Waals surface area contributed by atoms with Crippen LogP contribution in [0.1, 0.15) is 0 Å². The minimum Gasteiger partial charge on any atom is -0.491 e. The molecule has 0 aliphatic carbocycles. The van der Waals surface area contributed by atoms with Gasteiger partial charge in [0.25, 0.3) is 5.88 Å². The van der Waals surface area contributed by atoms with Crippen molar-refractivity contribution in [1.29, 1.82) is 0 Å². The number of thiazole rings is 1. The third kappa shape index (κ3) is 2.99. The number of hydrogen-bond acceptors (Lipinski definition) is 7. The minimum absolute atomic E-state index is 0.468. The Bertz CT molecular complexity index is 1010. The SMILES string of the molecule is COc1cc(-c2ccc3nc(Nc4cc[nH]n4)sc3c2)cnc1OC. The summed E-state index contributed by atoms with van der Waals surface area (Å²) in [6.07, 6.45) is 3.53. The first-order valence-electron chi connectivity index (χ1n) is 7.52. The van der Waals surface area contributed by atoms with E-state index in [1.54, 1.807) is 38.0 Å². The molecule has 0 amide bonds. The summed E-state index contributed by atoms with van der Waals surface area (Å²) in [6, 6.07) is 9.87. The van der Waals surface area contributed by atoms with Gasteiger partial charge in [-0.15, -0.1) is 0 Å². The summed E-state index contributed by atoms with van der Waals surface area (Å²) in [6.45, 7) is 0. The molecule has 25 heavy (non-hydrogen) atoms. The second kappa shape index (κ2) is 6.40. The molecule has 0 bridgehead atoms. The van der Waals surface area contributed by atoms with E-state index in [0.717, 1.165) is 32.3 Å². The summed E-state index contributed by atoms with van der Waals surface area (Å²) in [5.74, 6) is 1.81. The molecule has 0 saturated heterocycles. The third-order valence-corrected chi connectivity index (χ3v) is 4.62. The molecule has 8 heteroatoms. The van der Waals surface area contributed by atoms with Crippen LogP contribution in [-0.2, 0) is 0 Å². The largest absolute Gasteiger partial charge is 0.491 e. The minimum atomic E-state index is 0.468. The van der Waals surface area contributed by atoms with Crippen LogP contribution in [0.15, 0.2) is 42.7 Å². The number of pyridine rings is 1. The van der Waals surface area contributed by atoms with Gasteiger partial charge in [0.1, 0.15) is 0 Å². The first-order valence-corrected chi connectivity index (χ1v) is 8.34. The van der Waals surface area contributed by atoms with Crippen molar-refractivity contribution in [2.45, 2.75) is 0 Å². The van der Waals surface area contributed by atoms with Crippen molar-refractivity contribution >= 4 is 32.5 Å². The lowest BCUT2D eigenvalue weighted by Gasteiger charge is -2.08. The van der Waals surface area contributed by atoms with E-state index in [1.807, 2.05) is 24.3 Å². The van der Waals surface area contributed by atoms with E-state index in [9.17, 15) is 0 Å². The van der Waals surface area contributed by atoms with Gasteiger partial charge in [0, 0.05) is 24.0 Å². The molecule has 4 rings (SSSR count). The second-order valence-electron chi connectivity index (χ2n) is 5.22. The third-order valence-electron chi connectivity index (χ3n) is 3.69. The van der Waals surface area contributed by atoms with Crippen molar-refractivity contribution in [3.05, 3.63) is 42.7 Å². The number of anilines is 2. The van der Waals surface area contributed by atoms with Gasteiger partial charge in [-0.05, 0) is 23.8 Å². The van der Waals surface area contributed by atoms with E-state index in [1.165, 1.54) is 0 Å². The van der Waals surface area contributed by atoms with Crippen LogP contribution in [0.2, 0.25) is 0 Å². The number of H-pyrrole nitrogens is 1. The van der Waals surface area contributed by atoms with Crippen LogP contribution >= 0.6 is 11.3 Å². The number of aromatic nitrogens is 4. The van der Waals surface area contributed by atoms with Gasteiger partial charge in [-0.25, -0.2) is 9.97 Å². The Kier molecular flexibility index (Phi) is 3.95. The van der Waals surface area contributed by atoms with Crippen LogP contribution in [0.5, 0.6) is 11.6 Å². The Balaban J connectivity index is 1.69. The van der Waals surface area contributed by atoms with Crippen LogP contribution < -0.4 is 14.8 Å². The number of fused-ring (bicyclic) bond motifs is 1. The van der Waals surface area contributed by atoms with Crippen molar-refractivity contribution in [2.75, 3.05) is 19.5 Å². The summed E-state index contributed by atoms with van der Waals surface area (Å²) in [5, 5.41) is 10.8. The molecule has 3 heterocycles. The van der Waals surface area contributed by atoms with E-state index in [2.05, 4.69) is 31.5 Å². The molecule has 0 saturated carbocycles. The van der Waals surface area contributed by atoms with Crippen molar-refractivity contribution in [2.24, 2.45) is 0 Å². The molecule has 3 aromatic heterocycles. The highest BCUT2D eigenvalue weighted by Gasteiger charge is 2.10. The molecule has 0 spiro atoms. The van der Waals surface area contributed by atoms with Gasteiger partial charge < -0.3 is 14.8 Å². The fourth-order valence-electron chi connectivity index (χ4n) is 2.49. The average Bonchev–Trinajstić information content (AvgIpc) is 3.29. The van der Waals surface area contributed by atoms with Gasteiger partial charge in [-0.3, -0.25) is 5.10 Å². The Hall–Kier alpha value is -3.13. The zero-order valence-corrected chi connectivity index (χ0v) is 14.4. The first kappa shape index (κ1) is 15.4. The topological polar surface area (TPSA) is 85.0 Å². The molecule has 2 N–H and O–H groups in total. The standard InChI is InChI=1S/C17H15N5O2S/c1-23-13-7-11(9-18-16(13)24-2)10-3-4-12-14(8-10)25-17(20-12)21-15-5-6-19-22-15/h3-9H,1-2H3,(H2,19,20,21,22). The summed E-state index contributed by atoms with van der Waals surface area (Å²) >= 11 is 1.57. The molecule has 0 radical (unpaired) electrons. The molecular formula is C17H15N5O2S. The van der Waals surface area contributed by atoms with E-state index < -0.39 is 0 Å². The Morgan fingerprint density at radius 2 is 2.00 bits per heavy atom. The molecule has 126 valence electrons. The zero-order chi connectivity index (χ0) is 17.2. The maximum atomic E-state index is 5.33. The summed E-state index contributed by atoms with van der Waals surface area (Å²) < 4.78 is 11.6. The Morgan fingerprint density at radius 1 is 1.08 bits per heavy atom. The maximum absolute atomic E-state index is 5.33. The highest BCUT2D eigenvalue weighted by molar-refractivity contribution is 7.22. The lowest BCUT2D eigenvalue weighted by atomic mass is 10.1. The quantitative estimate of drug-likeness (QED) is 0.567. The predicted octanol–water partition coefficient (Wildman–Crippen LogP) is 3.84. The predicted molar refractivity (Wildman–Crippen MR) is 97.8 cm³/mol. The van der Waals surface area contributed by atoms with E-state index in [-0.39, 0.29) is 0 Å². The summed E-state index contributed by atoms with van der Waals surface area (Å²) in [7, 11) is 3.17. The highest BCUT2D eigenvalue weighted by Crippen LogP contribution is 2.34. The van der Waals surface area contributed by atoms with Gasteiger partial charge in [0.2, 0.25) is 0 Å². The van der Waals surface area contributed by atoms with Gasteiger partial charge in [0.05, 0.1) is 24.4 Å². The summed E-state index contributed by atoms with van der Waals surface area (Å²) in [4.78, 5) is 8.87. The number of nitrogens with one attached hydrogen (secondary N) is 2. The van der Waals surface area contributed by atoms with E-state index >= 15 is 0 Å². The number of rotatable bonds is 5. The monoisotopic (exact) mass is 353 g/mol. The average molecular weight is 353 g/mol. The van der Waals surface area contributed by atoms with Gasteiger partial charge >= 0.3 is 0 Å². The van der Waals surface area contributed by atoms with Crippen LogP contribution in [0.3, 0.4) is 0 Å². The van der Waals surface area contributed by atoms with Crippen molar-refractivity contribution < 1.29 is 9.47 Å². The molecular weight excluding hydrogens is 338 g/mol.